The number of sulfonamides is 1. The van der Waals surface area contributed by atoms with Crippen molar-refractivity contribution in [3.63, 3.8) is 0 Å². The molecule has 0 radical (unpaired) electrons. The molecule has 1 rings (SSSR count). The smallest absolute Gasteiger partial charge is 0.389 e. The minimum absolute atomic E-state index is 0.0365. The van der Waals surface area contributed by atoms with Gasteiger partial charge in [-0.1, -0.05) is 13.8 Å². The van der Waals surface area contributed by atoms with Crippen molar-refractivity contribution in [3.05, 3.63) is 0 Å². The van der Waals surface area contributed by atoms with Crippen molar-refractivity contribution in [1.29, 1.82) is 0 Å². The third kappa shape index (κ3) is 4.84. The topological polar surface area (TPSA) is 74.7 Å². The summed E-state index contributed by atoms with van der Waals surface area (Å²) < 4.78 is 61.5. The highest BCUT2D eigenvalue weighted by Gasteiger charge is 2.47. The highest BCUT2D eigenvalue weighted by atomic mass is 32.2. The van der Waals surface area contributed by atoms with E-state index in [1.54, 1.807) is 13.8 Å². The Morgan fingerprint density at radius 3 is 2.43 bits per heavy atom. The molecule has 1 unspecified atom stereocenters. The number of carbonyl (C=O) groups is 1. The van der Waals surface area contributed by atoms with Gasteiger partial charge >= 0.3 is 12.1 Å². The van der Waals surface area contributed by atoms with E-state index in [-0.39, 0.29) is 6.54 Å². The van der Waals surface area contributed by atoms with Crippen LogP contribution in [0.2, 0.25) is 0 Å². The average Bonchev–Trinajstić information content (AvgIpc) is 2.24. The van der Waals surface area contributed by atoms with E-state index in [0.717, 1.165) is 4.31 Å². The molecule has 1 saturated heterocycles. The number of carboxylic acids is 1. The fourth-order valence-electron chi connectivity index (χ4n) is 2.68. The molecule has 1 aliphatic rings. The standard InChI is InChI=1S/C12H20F3NO4S/c1-11(2)5-3-7-16(9(11)10(17)18)21(19,20)8-4-6-12(13,14)15/h9H,3-8H2,1-2H3,(H,17,18). The highest BCUT2D eigenvalue weighted by molar-refractivity contribution is 7.89. The monoisotopic (exact) mass is 331 g/mol. The Morgan fingerprint density at radius 2 is 1.95 bits per heavy atom. The van der Waals surface area contributed by atoms with Gasteiger partial charge < -0.3 is 5.11 Å². The summed E-state index contributed by atoms with van der Waals surface area (Å²) in [6.07, 6.45) is -5.12. The number of hydrogen-bond acceptors (Lipinski definition) is 3. The van der Waals surface area contributed by atoms with Gasteiger partial charge in [0, 0.05) is 13.0 Å². The zero-order valence-corrected chi connectivity index (χ0v) is 12.8. The van der Waals surface area contributed by atoms with E-state index in [1.807, 2.05) is 0 Å². The first-order valence-electron chi connectivity index (χ1n) is 6.66. The SMILES string of the molecule is CC1(C)CCCN(S(=O)(=O)CCCC(F)(F)F)C1C(=O)O. The Kier molecular flexibility index (Phi) is 5.31. The van der Waals surface area contributed by atoms with Gasteiger partial charge in [-0.3, -0.25) is 4.79 Å². The van der Waals surface area contributed by atoms with Crippen molar-refractivity contribution in [3.8, 4) is 0 Å². The summed E-state index contributed by atoms with van der Waals surface area (Å²) in [4.78, 5) is 11.4. The summed E-state index contributed by atoms with van der Waals surface area (Å²) >= 11 is 0. The normalized spacial score (nSPS) is 24.0. The summed E-state index contributed by atoms with van der Waals surface area (Å²) in [7, 11) is -4.02. The number of rotatable bonds is 5. The van der Waals surface area contributed by atoms with Crippen molar-refractivity contribution < 1.29 is 31.5 Å². The molecular formula is C12H20F3NO4S. The number of halogens is 3. The quantitative estimate of drug-likeness (QED) is 0.838. The molecule has 21 heavy (non-hydrogen) atoms. The highest BCUT2D eigenvalue weighted by Crippen LogP contribution is 2.37. The van der Waals surface area contributed by atoms with E-state index in [4.69, 9.17) is 0 Å². The molecule has 1 atom stereocenters. The fourth-order valence-corrected chi connectivity index (χ4v) is 4.52. The van der Waals surface area contributed by atoms with Gasteiger partial charge in [-0.05, 0) is 24.7 Å². The van der Waals surface area contributed by atoms with Gasteiger partial charge in [0.1, 0.15) is 6.04 Å². The Hall–Kier alpha value is -0.830. The van der Waals surface area contributed by atoms with Crippen molar-refractivity contribution in [1.82, 2.24) is 4.31 Å². The van der Waals surface area contributed by atoms with Gasteiger partial charge in [0.2, 0.25) is 10.0 Å². The van der Waals surface area contributed by atoms with Crippen LogP contribution < -0.4 is 0 Å². The fraction of sp³-hybridized carbons (Fsp3) is 0.917. The predicted molar refractivity (Wildman–Crippen MR) is 70.2 cm³/mol. The van der Waals surface area contributed by atoms with Gasteiger partial charge in [0.25, 0.3) is 0 Å². The van der Waals surface area contributed by atoms with Crippen molar-refractivity contribution in [2.75, 3.05) is 12.3 Å². The predicted octanol–water partition coefficient (Wildman–Crippen LogP) is 2.23. The zero-order chi connectivity index (χ0) is 16.5. The summed E-state index contributed by atoms with van der Waals surface area (Å²) in [5.74, 6) is -1.95. The lowest BCUT2D eigenvalue weighted by Gasteiger charge is -2.43. The van der Waals surface area contributed by atoms with E-state index in [1.165, 1.54) is 0 Å². The largest absolute Gasteiger partial charge is 0.480 e. The summed E-state index contributed by atoms with van der Waals surface area (Å²) in [5.41, 5.74) is -0.749. The molecule has 1 fully saturated rings. The van der Waals surface area contributed by atoms with Gasteiger partial charge in [-0.25, -0.2) is 8.42 Å². The summed E-state index contributed by atoms with van der Waals surface area (Å²) in [6.45, 7) is 3.35. The molecule has 1 aliphatic heterocycles. The second-order valence-corrected chi connectivity index (χ2v) is 8.02. The maximum absolute atomic E-state index is 12.2. The molecule has 0 aromatic rings. The van der Waals surface area contributed by atoms with Crippen LogP contribution in [0, 0.1) is 5.41 Å². The second-order valence-electron chi connectivity index (χ2n) is 5.98. The molecule has 1 heterocycles. The average molecular weight is 331 g/mol. The van der Waals surface area contributed by atoms with Crippen LogP contribution in [-0.4, -0.2) is 48.3 Å². The molecule has 0 aromatic carbocycles. The maximum Gasteiger partial charge on any atom is 0.389 e. The van der Waals surface area contributed by atoms with Crippen LogP contribution in [0.15, 0.2) is 0 Å². The van der Waals surface area contributed by atoms with Crippen LogP contribution in [0.4, 0.5) is 13.2 Å². The van der Waals surface area contributed by atoms with Gasteiger partial charge in [-0.2, -0.15) is 17.5 Å². The minimum atomic E-state index is -4.41. The molecule has 9 heteroatoms. The molecular weight excluding hydrogens is 311 g/mol. The van der Waals surface area contributed by atoms with Crippen molar-refractivity contribution in [2.24, 2.45) is 5.41 Å². The second kappa shape index (κ2) is 6.12. The van der Waals surface area contributed by atoms with Crippen LogP contribution in [0.5, 0.6) is 0 Å². The Balaban J connectivity index is 2.87. The third-order valence-electron chi connectivity index (χ3n) is 3.68. The lowest BCUT2D eigenvalue weighted by molar-refractivity contribution is -0.147. The van der Waals surface area contributed by atoms with Gasteiger partial charge in [-0.15, -0.1) is 0 Å². The maximum atomic E-state index is 12.2. The van der Waals surface area contributed by atoms with Crippen molar-refractivity contribution >= 4 is 16.0 Å². The molecule has 1 N–H and O–H groups in total. The Morgan fingerprint density at radius 1 is 1.38 bits per heavy atom. The number of aliphatic carboxylic acids is 1. The minimum Gasteiger partial charge on any atom is -0.480 e. The summed E-state index contributed by atoms with van der Waals surface area (Å²) in [5, 5.41) is 9.28. The molecule has 124 valence electrons. The lowest BCUT2D eigenvalue weighted by Crippen LogP contribution is -2.56. The van der Waals surface area contributed by atoms with E-state index in [0.29, 0.717) is 12.8 Å². The molecule has 0 amide bonds. The first-order valence-corrected chi connectivity index (χ1v) is 8.27. The van der Waals surface area contributed by atoms with E-state index >= 15 is 0 Å². The van der Waals surface area contributed by atoms with Gasteiger partial charge in [0.05, 0.1) is 5.75 Å². The van der Waals surface area contributed by atoms with E-state index < -0.39 is 52.2 Å². The third-order valence-corrected chi connectivity index (χ3v) is 5.59. The van der Waals surface area contributed by atoms with E-state index in [2.05, 4.69) is 0 Å². The van der Waals surface area contributed by atoms with Crippen LogP contribution in [0.3, 0.4) is 0 Å². The lowest BCUT2D eigenvalue weighted by atomic mass is 9.77. The molecule has 0 bridgehead atoms. The first kappa shape index (κ1) is 18.2. The van der Waals surface area contributed by atoms with Crippen LogP contribution in [-0.2, 0) is 14.8 Å². The zero-order valence-electron chi connectivity index (χ0n) is 12.0. The number of alkyl halides is 3. The van der Waals surface area contributed by atoms with Crippen LogP contribution >= 0.6 is 0 Å². The molecule has 0 saturated carbocycles. The van der Waals surface area contributed by atoms with Crippen molar-refractivity contribution in [2.45, 2.75) is 51.7 Å². The number of hydrogen-bond donors (Lipinski definition) is 1. The Bertz CT molecular complexity index is 487. The number of nitrogens with zero attached hydrogens (tertiary/aromatic N) is 1. The van der Waals surface area contributed by atoms with Crippen LogP contribution in [0.1, 0.15) is 39.5 Å². The first-order chi connectivity index (χ1) is 9.37. The molecule has 5 nitrogen and oxygen atoms in total. The summed E-state index contributed by atoms with van der Waals surface area (Å²) in [6, 6.07) is -1.23. The molecule has 0 aromatic heterocycles. The van der Waals surface area contributed by atoms with Gasteiger partial charge in [0.15, 0.2) is 0 Å². The van der Waals surface area contributed by atoms with E-state index in [9.17, 15) is 31.5 Å². The number of carboxylic acid groups (broad SMARTS) is 1. The Labute approximate surface area is 122 Å². The molecule has 0 aliphatic carbocycles. The van der Waals surface area contributed by atoms with Crippen LogP contribution in [0.25, 0.3) is 0 Å². The molecule has 0 spiro atoms. The number of piperidine rings is 1.